The predicted molar refractivity (Wildman–Crippen MR) is 128 cm³/mol. The van der Waals surface area contributed by atoms with Gasteiger partial charge in [0.2, 0.25) is 5.91 Å². The number of carbonyl (C=O) groups excluding carboxylic acids is 3. The normalized spacial score (nSPS) is 14.4. The summed E-state index contributed by atoms with van der Waals surface area (Å²) in [6.45, 7) is 2.70. The van der Waals surface area contributed by atoms with Gasteiger partial charge in [-0.25, -0.2) is 0 Å². The Morgan fingerprint density at radius 3 is 2.64 bits per heavy atom. The van der Waals surface area contributed by atoms with Gasteiger partial charge in [0.25, 0.3) is 0 Å². The van der Waals surface area contributed by atoms with Crippen molar-refractivity contribution in [2.75, 3.05) is 23.3 Å². The molecule has 170 valence electrons. The quantitative estimate of drug-likeness (QED) is 0.506. The molecule has 3 aromatic carbocycles. The zero-order chi connectivity index (χ0) is 23.4. The first-order valence-corrected chi connectivity index (χ1v) is 11.1. The Bertz CT molecular complexity index is 1200. The number of fused-ring (bicyclic) bond motifs is 1. The van der Waals surface area contributed by atoms with E-state index in [0.717, 1.165) is 34.0 Å². The molecule has 0 spiro atoms. The number of nitrogens with one attached hydrogen (secondary N) is 2. The van der Waals surface area contributed by atoms with Crippen molar-refractivity contribution in [3.05, 3.63) is 71.8 Å². The Morgan fingerprint density at radius 2 is 1.85 bits per heavy atom. The fraction of sp³-hybridized carbons (Fsp3) is 0.269. The number of hydrogen-bond acceptors (Lipinski definition) is 4. The van der Waals surface area contributed by atoms with E-state index in [4.69, 9.17) is 0 Å². The molecule has 1 aliphatic rings. The fourth-order valence-electron chi connectivity index (χ4n) is 4.17. The average molecular weight is 446 g/mol. The molecule has 1 unspecified atom stereocenters. The van der Waals surface area contributed by atoms with Gasteiger partial charge in [-0.3, -0.25) is 14.4 Å². The number of anilines is 2. The standard InChI is InChI=1S/C26H27N3O4/c1-17-11-12-19(16-22(17)29-15-5-10-24(29)31)28-26(33)25(32)27-14-13-23(30)21-9-4-7-18-6-2-3-8-20(18)21/h2-4,6-9,11-12,16,23,30H,5,10,13-15H2,1H3,(H,27,32)(H,28,33). The molecule has 1 fully saturated rings. The summed E-state index contributed by atoms with van der Waals surface area (Å²) >= 11 is 0. The highest BCUT2D eigenvalue weighted by Crippen LogP contribution is 2.28. The van der Waals surface area contributed by atoms with Crippen molar-refractivity contribution >= 4 is 39.9 Å². The van der Waals surface area contributed by atoms with E-state index >= 15 is 0 Å². The number of carbonyl (C=O) groups is 3. The third-order valence-corrected chi connectivity index (χ3v) is 5.92. The van der Waals surface area contributed by atoms with Crippen LogP contribution in [0.3, 0.4) is 0 Å². The molecule has 0 saturated carbocycles. The fourth-order valence-corrected chi connectivity index (χ4v) is 4.17. The van der Waals surface area contributed by atoms with Gasteiger partial charge in [-0.05, 0) is 53.8 Å². The Labute approximate surface area is 192 Å². The third kappa shape index (κ3) is 5.04. The van der Waals surface area contributed by atoms with Crippen molar-refractivity contribution in [1.82, 2.24) is 5.32 Å². The zero-order valence-corrected chi connectivity index (χ0v) is 18.5. The van der Waals surface area contributed by atoms with Gasteiger partial charge in [0.1, 0.15) is 0 Å². The third-order valence-electron chi connectivity index (χ3n) is 5.92. The second-order valence-electron chi connectivity index (χ2n) is 8.23. The molecule has 3 N–H and O–H groups in total. The summed E-state index contributed by atoms with van der Waals surface area (Å²) < 4.78 is 0. The number of amides is 3. The van der Waals surface area contributed by atoms with Crippen LogP contribution in [0.4, 0.5) is 11.4 Å². The maximum absolute atomic E-state index is 12.3. The van der Waals surface area contributed by atoms with Crippen LogP contribution in [-0.4, -0.2) is 35.9 Å². The molecule has 7 nitrogen and oxygen atoms in total. The van der Waals surface area contributed by atoms with Crippen LogP contribution >= 0.6 is 0 Å². The first-order valence-electron chi connectivity index (χ1n) is 11.1. The molecule has 4 rings (SSSR count). The van der Waals surface area contributed by atoms with Crippen LogP contribution in [0.15, 0.2) is 60.7 Å². The van der Waals surface area contributed by atoms with Gasteiger partial charge in [0.15, 0.2) is 0 Å². The predicted octanol–water partition coefficient (Wildman–Crippen LogP) is 3.45. The summed E-state index contributed by atoms with van der Waals surface area (Å²) in [5.41, 5.74) is 2.91. The van der Waals surface area contributed by atoms with Gasteiger partial charge < -0.3 is 20.6 Å². The van der Waals surface area contributed by atoms with Crippen molar-refractivity contribution in [3.8, 4) is 0 Å². The smallest absolute Gasteiger partial charge is 0.313 e. The zero-order valence-electron chi connectivity index (χ0n) is 18.5. The average Bonchev–Trinajstić information content (AvgIpc) is 3.25. The molecule has 1 atom stereocenters. The van der Waals surface area contributed by atoms with E-state index in [1.54, 1.807) is 17.0 Å². The second kappa shape index (κ2) is 9.83. The Balaban J connectivity index is 1.33. The van der Waals surface area contributed by atoms with E-state index in [1.165, 1.54) is 0 Å². The van der Waals surface area contributed by atoms with Crippen molar-refractivity contribution < 1.29 is 19.5 Å². The maximum atomic E-state index is 12.3. The lowest BCUT2D eigenvalue weighted by Gasteiger charge is -2.19. The van der Waals surface area contributed by atoms with E-state index in [9.17, 15) is 19.5 Å². The van der Waals surface area contributed by atoms with Gasteiger partial charge in [-0.1, -0.05) is 48.5 Å². The summed E-state index contributed by atoms with van der Waals surface area (Å²) in [6.07, 6.45) is 0.834. The molecule has 33 heavy (non-hydrogen) atoms. The minimum absolute atomic E-state index is 0.0593. The minimum atomic E-state index is -0.794. The van der Waals surface area contributed by atoms with E-state index in [1.807, 2.05) is 55.5 Å². The van der Waals surface area contributed by atoms with Crippen LogP contribution < -0.4 is 15.5 Å². The first kappa shape index (κ1) is 22.5. The van der Waals surface area contributed by atoms with Crippen molar-refractivity contribution in [2.45, 2.75) is 32.3 Å². The van der Waals surface area contributed by atoms with E-state index in [-0.39, 0.29) is 18.9 Å². The van der Waals surface area contributed by atoms with E-state index in [0.29, 0.717) is 18.7 Å². The first-order chi connectivity index (χ1) is 15.9. The second-order valence-corrected chi connectivity index (χ2v) is 8.23. The molecular weight excluding hydrogens is 418 g/mol. The highest BCUT2D eigenvalue weighted by atomic mass is 16.3. The van der Waals surface area contributed by atoms with Crippen molar-refractivity contribution in [1.29, 1.82) is 0 Å². The van der Waals surface area contributed by atoms with Crippen LogP contribution in [0, 0.1) is 6.92 Å². The SMILES string of the molecule is Cc1ccc(NC(=O)C(=O)NCCC(O)c2cccc3ccccc23)cc1N1CCCC1=O. The Hall–Kier alpha value is -3.71. The number of rotatable bonds is 6. The summed E-state index contributed by atoms with van der Waals surface area (Å²) in [7, 11) is 0. The maximum Gasteiger partial charge on any atom is 0.313 e. The van der Waals surface area contributed by atoms with Crippen LogP contribution in [0.1, 0.15) is 36.5 Å². The number of aliphatic hydroxyl groups is 1. The molecule has 3 amide bonds. The van der Waals surface area contributed by atoms with E-state index < -0.39 is 17.9 Å². The van der Waals surface area contributed by atoms with Gasteiger partial charge in [0, 0.05) is 30.9 Å². The number of aryl methyl sites for hydroxylation is 1. The molecule has 0 aromatic heterocycles. The lowest BCUT2D eigenvalue weighted by Crippen LogP contribution is -2.36. The molecule has 1 heterocycles. The number of nitrogens with zero attached hydrogens (tertiary/aromatic N) is 1. The van der Waals surface area contributed by atoms with Gasteiger partial charge >= 0.3 is 11.8 Å². The molecule has 0 aliphatic carbocycles. The summed E-state index contributed by atoms with van der Waals surface area (Å²) in [4.78, 5) is 38.4. The molecule has 1 aliphatic heterocycles. The van der Waals surface area contributed by atoms with Crippen LogP contribution in [0.25, 0.3) is 10.8 Å². The highest BCUT2D eigenvalue weighted by Gasteiger charge is 2.24. The Kier molecular flexibility index (Phi) is 6.70. The molecule has 1 saturated heterocycles. The Morgan fingerprint density at radius 1 is 1.06 bits per heavy atom. The number of benzene rings is 3. The number of aliphatic hydroxyl groups excluding tert-OH is 1. The number of hydrogen-bond donors (Lipinski definition) is 3. The van der Waals surface area contributed by atoms with Crippen LogP contribution in [0.5, 0.6) is 0 Å². The van der Waals surface area contributed by atoms with Crippen molar-refractivity contribution in [3.63, 3.8) is 0 Å². The topological polar surface area (TPSA) is 98.7 Å². The monoisotopic (exact) mass is 445 g/mol. The molecule has 0 bridgehead atoms. The molecule has 3 aromatic rings. The van der Waals surface area contributed by atoms with E-state index in [2.05, 4.69) is 10.6 Å². The van der Waals surface area contributed by atoms with Crippen LogP contribution in [0.2, 0.25) is 0 Å². The van der Waals surface area contributed by atoms with Crippen molar-refractivity contribution in [2.24, 2.45) is 0 Å². The highest BCUT2D eigenvalue weighted by molar-refractivity contribution is 6.39. The van der Waals surface area contributed by atoms with Gasteiger partial charge in [0.05, 0.1) is 6.10 Å². The van der Waals surface area contributed by atoms with Gasteiger partial charge in [-0.2, -0.15) is 0 Å². The largest absolute Gasteiger partial charge is 0.388 e. The lowest BCUT2D eigenvalue weighted by molar-refractivity contribution is -0.136. The minimum Gasteiger partial charge on any atom is -0.388 e. The molecule has 0 radical (unpaired) electrons. The summed E-state index contributed by atoms with van der Waals surface area (Å²) in [5.74, 6) is -1.51. The lowest BCUT2D eigenvalue weighted by atomic mass is 9.99. The molecule has 7 heteroatoms. The summed E-state index contributed by atoms with van der Waals surface area (Å²) in [5, 5.41) is 17.8. The van der Waals surface area contributed by atoms with Crippen LogP contribution in [-0.2, 0) is 14.4 Å². The summed E-state index contributed by atoms with van der Waals surface area (Å²) in [6, 6.07) is 18.8. The van der Waals surface area contributed by atoms with Gasteiger partial charge in [-0.15, -0.1) is 0 Å². The molecular formula is C26H27N3O4.